The van der Waals surface area contributed by atoms with E-state index in [0.717, 1.165) is 18.3 Å². The van der Waals surface area contributed by atoms with Crippen LogP contribution in [0.25, 0.3) is 12.7 Å². The Morgan fingerprint density at radius 3 is 1.72 bits per heavy atom. The molecule has 0 aliphatic heterocycles. The average Bonchev–Trinajstić information content (AvgIpc) is 2.69. The molecule has 0 aliphatic rings. The molecule has 0 atom stereocenters. The van der Waals surface area contributed by atoms with Crippen molar-refractivity contribution in [2.45, 2.75) is 82.1 Å². The van der Waals surface area contributed by atoms with Crippen molar-refractivity contribution in [1.82, 2.24) is 0 Å². The third-order valence-electron chi connectivity index (χ3n) is 3.99. The van der Waals surface area contributed by atoms with E-state index in [1.165, 1.54) is 40.4 Å². The van der Waals surface area contributed by atoms with Gasteiger partial charge < -0.3 is 4.90 Å². The van der Waals surface area contributed by atoms with Crippen LogP contribution in [-0.2, 0) is 0 Å². The van der Waals surface area contributed by atoms with Gasteiger partial charge in [-0.1, -0.05) is 90.8 Å². The van der Waals surface area contributed by atoms with Gasteiger partial charge in [0.05, 0.1) is 0 Å². The van der Waals surface area contributed by atoms with Crippen LogP contribution in [0.15, 0.2) is 36.4 Å². The van der Waals surface area contributed by atoms with Gasteiger partial charge in [0.25, 0.3) is 0 Å². The third kappa shape index (κ3) is 11.5. The van der Waals surface area contributed by atoms with Crippen LogP contribution in [0.5, 0.6) is 0 Å². The van der Waals surface area contributed by atoms with Gasteiger partial charge >= 0.3 is 0 Å². The molecule has 0 amide bonds. The van der Waals surface area contributed by atoms with Crippen LogP contribution in [0, 0.1) is 13.8 Å². The van der Waals surface area contributed by atoms with Crippen LogP contribution in [0.1, 0.15) is 84.9 Å². The third-order valence-corrected chi connectivity index (χ3v) is 3.99. The van der Waals surface area contributed by atoms with E-state index in [-0.39, 0.29) is 0 Å². The zero-order valence-electron chi connectivity index (χ0n) is 21.0. The van der Waals surface area contributed by atoms with Gasteiger partial charge in [-0.05, 0) is 67.5 Å². The second-order valence-electron chi connectivity index (χ2n) is 6.97. The normalized spacial score (nSPS) is 9.93. The van der Waals surface area contributed by atoms with Crippen LogP contribution < -0.4 is 15.3 Å². The molecule has 0 heterocycles. The molecule has 164 valence electrons. The van der Waals surface area contributed by atoms with Gasteiger partial charge in [-0.2, -0.15) is 0 Å². The summed E-state index contributed by atoms with van der Waals surface area (Å²) in [5, 5.41) is 2.28. The second-order valence-corrected chi connectivity index (χ2v) is 6.97. The number of benzene rings is 2. The van der Waals surface area contributed by atoms with E-state index in [4.69, 9.17) is 0 Å². The lowest BCUT2D eigenvalue weighted by Gasteiger charge is -2.21. The largest absolute Gasteiger partial charge is 0.372 e. The molecular weight excluding hydrogens is 350 g/mol. The van der Waals surface area contributed by atoms with Crippen molar-refractivity contribution in [3.8, 4) is 0 Å². The summed E-state index contributed by atoms with van der Waals surface area (Å²) in [5.41, 5.74) is 5.12. The van der Waals surface area contributed by atoms with E-state index < -0.39 is 0 Å². The van der Waals surface area contributed by atoms with Gasteiger partial charge in [0.1, 0.15) is 0 Å². The van der Waals surface area contributed by atoms with Crippen molar-refractivity contribution < 1.29 is 0 Å². The van der Waals surface area contributed by atoms with Gasteiger partial charge in [0.15, 0.2) is 0 Å². The van der Waals surface area contributed by atoms with E-state index in [1.807, 2.05) is 13.8 Å². The highest BCUT2D eigenvalue weighted by Crippen LogP contribution is 2.19. The molecule has 2 aromatic carbocycles. The average molecular weight is 398 g/mol. The van der Waals surface area contributed by atoms with E-state index in [9.17, 15) is 0 Å². The fourth-order valence-corrected chi connectivity index (χ4v) is 2.65. The second kappa shape index (κ2) is 18.0. The maximum atomic E-state index is 4.14. The number of nitrogens with zero attached hydrogens (tertiary/aromatic N) is 1. The molecule has 0 saturated heterocycles. The highest BCUT2D eigenvalue weighted by Gasteiger charge is 2.03. The zero-order chi connectivity index (χ0) is 22.8. The number of hydrogen-bond donors (Lipinski definition) is 0. The summed E-state index contributed by atoms with van der Waals surface area (Å²) in [6, 6.07) is 13.1. The summed E-state index contributed by atoms with van der Waals surface area (Å²) in [6.45, 7) is 27.4. The van der Waals surface area contributed by atoms with Crippen molar-refractivity contribution in [3.63, 3.8) is 0 Å². The maximum absolute atomic E-state index is 4.14. The summed E-state index contributed by atoms with van der Waals surface area (Å²) < 4.78 is 0. The Balaban J connectivity index is 0. The minimum absolute atomic E-state index is 1.04. The molecule has 0 radical (unpaired) electrons. The Kier molecular flexibility index (Phi) is 18.2. The van der Waals surface area contributed by atoms with Crippen molar-refractivity contribution in [2.75, 3.05) is 18.0 Å². The quantitative estimate of drug-likeness (QED) is 0.525. The first-order valence-electron chi connectivity index (χ1n) is 11.5. The standard InChI is InChI=1S/C20H25N.2C3H8.C2H6/c1-6-21(7-2)20-11-10-19(17(5)13-20)14-18-9-8-15(3)12-16(18)4;2*1-3-2;1-2/h8-14H,4,6-7H2,1-3,5H3;2*3H2,1-2H3;1-2H3/b18-14-;;;. The van der Waals surface area contributed by atoms with E-state index in [2.05, 4.69) is 109 Å². The summed E-state index contributed by atoms with van der Waals surface area (Å²) >= 11 is 0. The Morgan fingerprint density at radius 2 is 1.31 bits per heavy atom. The van der Waals surface area contributed by atoms with Gasteiger partial charge in [0, 0.05) is 18.8 Å². The summed E-state index contributed by atoms with van der Waals surface area (Å²) in [7, 11) is 0. The molecule has 2 rings (SSSR count). The number of anilines is 1. The molecule has 0 aliphatic carbocycles. The van der Waals surface area contributed by atoms with Crippen molar-refractivity contribution in [1.29, 1.82) is 0 Å². The Morgan fingerprint density at radius 1 is 0.793 bits per heavy atom. The van der Waals surface area contributed by atoms with Crippen LogP contribution in [0.2, 0.25) is 0 Å². The first-order valence-corrected chi connectivity index (χ1v) is 11.5. The number of rotatable bonds is 4. The van der Waals surface area contributed by atoms with Gasteiger partial charge in [-0.3, -0.25) is 0 Å². The predicted octanol–water partition coefficient (Wildman–Crippen LogP) is 7.25. The van der Waals surface area contributed by atoms with Gasteiger partial charge in [0.2, 0.25) is 0 Å². The molecule has 1 heteroatoms. The van der Waals surface area contributed by atoms with Crippen molar-refractivity contribution in [2.24, 2.45) is 0 Å². The summed E-state index contributed by atoms with van der Waals surface area (Å²) in [5.74, 6) is 0. The minimum Gasteiger partial charge on any atom is -0.372 e. The number of hydrogen-bond acceptors (Lipinski definition) is 1. The lowest BCUT2D eigenvalue weighted by molar-refractivity contribution is 0.865. The molecule has 0 spiro atoms. The molecular formula is C28H47N. The number of aryl methyl sites for hydroxylation is 2. The molecule has 0 aromatic heterocycles. The molecule has 1 nitrogen and oxygen atoms in total. The Bertz CT molecular complexity index is 752. The molecule has 0 unspecified atom stereocenters. The highest BCUT2D eigenvalue weighted by molar-refractivity contribution is 5.60. The van der Waals surface area contributed by atoms with Crippen LogP contribution in [0.4, 0.5) is 5.69 Å². The predicted molar refractivity (Wildman–Crippen MR) is 138 cm³/mol. The molecule has 0 bridgehead atoms. The molecule has 0 N–H and O–H groups in total. The van der Waals surface area contributed by atoms with Crippen LogP contribution >= 0.6 is 0 Å². The first kappa shape index (κ1) is 29.2. The van der Waals surface area contributed by atoms with Crippen LogP contribution in [-0.4, -0.2) is 13.1 Å². The van der Waals surface area contributed by atoms with Crippen molar-refractivity contribution >= 4 is 18.3 Å². The fraction of sp³-hybridized carbons (Fsp3) is 0.500. The lowest BCUT2D eigenvalue weighted by atomic mass is 10.0. The Hall–Kier alpha value is -2.02. The monoisotopic (exact) mass is 397 g/mol. The van der Waals surface area contributed by atoms with Crippen molar-refractivity contribution in [3.05, 3.63) is 63.5 Å². The molecule has 2 aromatic rings. The minimum atomic E-state index is 1.04. The van der Waals surface area contributed by atoms with Crippen LogP contribution in [0.3, 0.4) is 0 Å². The van der Waals surface area contributed by atoms with Gasteiger partial charge in [-0.15, -0.1) is 0 Å². The summed E-state index contributed by atoms with van der Waals surface area (Å²) in [6.07, 6.45) is 4.73. The van der Waals surface area contributed by atoms with E-state index in [1.54, 1.807) is 0 Å². The highest BCUT2D eigenvalue weighted by atomic mass is 15.1. The molecule has 0 saturated carbocycles. The SMILES string of the molecule is C=c1cc(C)cc/c1=C/c1ccc(N(CC)CC)cc1C.CC.CCC.CCC. The maximum Gasteiger partial charge on any atom is 0.0369 e. The van der Waals surface area contributed by atoms with Gasteiger partial charge in [-0.25, -0.2) is 0 Å². The lowest BCUT2D eigenvalue weighted by Crippen LogP contribution is -2.23. The van der Waals surface area contributed by atoms with E-state index in [0.29, 0.717) is 0 Å². The Labute approximate surface area is 182 Å². The first-order chi connectivity index (χ1) is 13.9. The zero-order valence-corrected chi connectivity index (χ0v) is 21.0. The molecule has 0 fully saturated rings. The summed E-state index contributed by atoms with van der Waals surface area (Å²) in [4.78, 5) is 2.37. The molecule has 29 heavy (non-hydrogen) atoms. The fourth-order valence-electron chi connectivity index (χ4n) is 2.65. The smallest absolute Gasteiger partial charge is 0.0369 e. The van der Waals surface area contributed by atoms with E-state index >= 15 is 0 Å². The topological polar surface area (TPSA) is 3.24 Å².